The first-order chi connectivity index (χ1) is 9.22. The van der Waals surface area contributed by atoms with Crippen LogP contribution in [0.15, 0.2) is 23.6 Å². The van der Waals surface area contributed by atoms with E-state index < -0.39 is 0 Å². The summed E-state index contributed by atoms with van der Waals surface area (Å²) >= 11 is 7.70. The van der Waals surface area contributed by atoms with E-state index in [0.29, 0.717) is 11.1 Å². The van der Waals surface area contributed by atoms with Gasteiger partial charge in [0, 0.05) is 23.4 Å². The van der Waals surface area contributed by atoms with Crippen molar-refractivity contribution < 1.29 is 4.39 Å². The zero-order chi connectivity index (χ0) is 13.2. The minimum atomic E-state index is -0.320. The van der Waals surface area contributed by atoms with Crippen molar-refractivity contribution in [3.8, 4) is 11.3 Å². The second kappa shape index (κ2) is 5.57. The summed E-state index contributed by atoms with van der Waals surface area (Å²) in [5.41, 5.74) is 1.63. The molecular weight excluding hydrogens is 283 g/mol. The molecule has 1 aromatic carbocycles. The summed E-state index contributed by atoms with van der Waals surface area (Å²) in [5, 5.41) is 6.97. The minimum absolute atomic E-state index is 0.320. The zero-order valence-corrected chi connectivity index (χ0v) is 11.9. The van der Waals surface area contributed by atoms with Crippen LogP contribution in [0.1, 0.15) is 17.8 Å². The molecule has 0 amide bonds. The molecule has 1 atom stereocenters. The Morgan fingerprint density at radius 2 is 2.37 bits per heavy atom. The molecule has 1 unspecified atom stereocenters. The van der Waals surface area contributed by atoms with Crippen LogP contribution in [0, 0.1) is 5.82 Å². The zero-order valence-electron chi connectivity index (χ0n) is 10.3. The van der Waals surface area contributed by atoms with Crippen LogP contribution in [-0.4, -0.2) is 17.6 Å². The van der Waals surface area contributed by atoms with Gasteiger partial charge in [-0.05, 0) is 37.6 Å². The molecule has 3 rings (SSSR count). The van der Waals surface area contributed by atoms with Crippen molar-refractivity contribution in [2.24, 2.45) is 0 Å². The number of benzene rings is 1. The van der Waals surface area contributed by atoms with Gasteiger partial charge in [-0.1, -0.05) is 11.6 Å². The third kappa shape index (κ3) is 2.96. The Hall–Kier alpha value is -0.970. The molecule has 0 radical (unpaired) electrons. The lowest BCUT2D eigenvalue weighted by molar-refractivity contribution is 0.601. The lowest BCUT2D eigenvalue weighted by atomic mass is 10.1. The SMILES string of the molecule is Fc1ccc(-c2csc(CC3CCCN3)n2)c(Cl)c1. The molecule has 100 valence electrons. The molecule has 1 aromatic heterocycles. The molecule has 1 aliphatic heterocycles. The summed E-state index contributed by atoms with van der Waals surface area (Å²) in [5.74, 6) is -0.320. The third-order valence-electron chi connectivity index (χ3n) is 3.34. The smallest absolute Gasteiger partial charge is 0.124 e. The van der Waals surface area contributed by atoms with E-state index in [1.54, 1.807) is 17.4 Å². The van der Waals surface area contributed by atoms with Crippen LogP contribution >= 0.6 is 22.9 Å². The van der Waals surface area contributed by atoms with Crippen molar-refractivity contribution in [2.75, 3.05) is 6.54 Å². The van der Waals surface area contributed by atoms with E-state index in [0.717, 1.165) is 29.2 Å². The second-order valence-electron chi connectivity index (χ2n) is 4.75. The molecule has 2 heterocycles. The molecule has 2 nitrogen and oxygen atoms in total. The molecule has 0 bridgehead atoms. The van der Waals surface area contributed by atoms with Crippen molar-refractivity contribution in [2.45, 2.75) is 25.3 Å². The largest absolute Gasteiger partial charge is 0.314 e. The number of aromatic nitrogens is 1. The Kier molecular flexibility index (Phi) is 3.82. The van der Waals surface area contributed by atoms with Gasteiger partial charge >= 0.3 is 0 Å². The number of hydrogen-bond acceptors (Lipinski definition) is 3. The van der Waals surface area contributed by atoms with Crippen LogP contribution in [0.2, 0.25) is 5.02 Å². The van der Waals surface area contributed by atoms with Gasteiger partial charge < -0.3 is 5.32 Å². The maximum atomic E-state index is 13.0. The first-order valence-corrected chi connectivity index (χ1v) is 7.61. The van der Waals surface area contributed by atoms with E-state index in [1.807, 2.05) is 5.38 Å². The Balaban J connectivity index is 1.80. The van der Waals surface area contributed by atoms with Gasteiger partial charge in [0.25, 0.3) is 0 Å². The highest BCUT2D eigenvalue weighted by Gasteiger charge is 2.17. The van der Waals surface area contributed by atoms with Gasteiger partial charge in [0.2, 0.25) is 0 Å². The van der Waals surface area contributed by atoms with Crippen LogP contribution in [0.4, 0.5) is 4.39 Å². The summed E-state index contributed by atoms with van der Waals surface area (Å²) < 4.78 is 13.0. The highest BCUT2D eigenvalue weighted by molar-refractivity contribution is 7.10. The lowest BCUT2D eigenvalue weighted by Crippen LogP contribution is -2.23. The molecule has 0 aliphatic carbocycles. The minimum Gasteiger partial charge on any atom is -0.314 e. The van der Waals surface area contributed by atoms with Crippen molar-refractivity contribution in [3.05, 3.63) is 39.4 Å². The molecule has 19 heavy (non-hydrogen) atoms. The van der Waals surface area contributed by atoms with Crippen LogP contribution in [-0.2, 0) is 6.42 Å². The number of hydrogen-bond donors (Lipinski definition) is 1. The molecule has 1 saturated heterocycles. The molecule has 5 heteroatoms. The Morgan fingerprint density at radius 1 is 1.47 bits per heavy atom. The standard InChI is InChI=1S/C14H14ClFN2S/c15-12-6-9(16)3-4-11(12)13-8-19-14(18-13)7-10-2-1-5-17-10/h3-4,6,8,10,17H,1-2,5,7H2. The fourth-order valence-electron chi connectivity index (χ4n) is 2.37. The van der Waals surface area contributed by atoms with Gasteiger partial charge in [-0.3, -0.25) is 0 Å². The number of nitrogens with one attached hydrogen (secondary N) is 1. The molecule has 1 aliphatic rings. The van der Waals surface area contributed by atoms with E-state index in [1.165, 1.54) is 25.0 Å². The van der Waals surface area contributed by atoms with Crippen LogP contribution in [0.25, 0.3) is 11.3 Å². The van der Waals surface area contributed by atoms with Crippen molar-refractivity contribution in [1.29, 1.82) is 0 Å². The van der Waals surface area contributed by atoms with E-state index in [9.17, 15) is 4.39 Å². The van der Waals surface area contributed by atoms with E-state index in [-0.39, 0.29) is 5.82 Å². The van der Waals surface area contributed by atoms with Crippen LogP contribution in [0.3, 0.4) is 0 Å². The van der Waals surface area contributed by atoms with Gasteiger partial charge in [-0.25, -0.2) is 9.37 Å². The van der Waals surface area contributed by atoms with E-state index in [4.69, 9.17) is 11.6 Å². The number of rotatable bonds is 3. The highest BCUT2D eigenvalue weighted by atomic mass is 35.5. The van der Waals surface area contributed by atoms with Crippen molar-refractivity contribution >= 4 is 22.9 Å². The molecule has 1 N–H and O–H groups in total. The maximum Gasteiger partial charge on any atom is 0.124 e. The maximum absolute atomic E-state index is 13.0. The highest BCUT2D eigenvalue weighted by Crippen LogP contribution is 2.30. The summed E-state index contributed by atoms with van der Waals surface area (Å²) in [6.07, 6.45) is 3.42. The summed E-state index contributed by atoms with van der Waals surface area (Å²) in [7, 11) is 0. The molecule has 1 fully saturated rings. The molecule has 2 aromatic rings. The molecule has 0 spiro atoms. The molecular formula is C14H14ClFN2S. The number of nitrogens with zero attached hydrogens (tertiary/aromatic N) is 1. The van der Waals surface area contributed by atoms with Gasteiger partial charge in [0.15, 0.2) is 0 Å². The monoisotopic (exact) mass is 296 g/mol. The lowest BCUT2D eigenvalue weighted by Gasteiger charge is -2.06. The van der Waals surface area contributed by atoms with Gasteiger partial charge in [0.1, 0.15) is 5.82 Å². The third-order valence-corrected chi connectivity index (χ3v) is 4.53. The van der Waals surface area contributed by atoms with Gasteiger partial charge in [-0.2, -0.15) is 0 Å². The van der Waals surface area contributed by atoms with E-state index >= 15 is 0 Å². The number of thiazole rings is 1. The normalized spacial score (nSPS) is 18.9. The Labute approximate surface area is 120 Å². The van der Waals surface area contributed by atoms with Gasteiger partial charge in [0.05, 0.1) is 15.7 Å². The molecule has 0 saturated carbocycles. The Morgan fingerprint density at radius 3 is 3.11 bits per heavy atom. The summed E-state index contributed by atoms with van der Waals surface area (Å²) in [6.45, 7) is 1.10. The first kappa shape index (κ1) is 13.0. The quantitative estimate of drug-likeness (QED) is 0.929. The summed E-state index contributed by atoms with van der Waals surface area (Å²) in [4.78, 5) is 4.61. The second-order valence-corrected chi connectivity index (χ2v) is 6.10. The van der Waals surface area contributed by atoms with Crippen LogP contribution < -0.4 is 5.32 Å². The van der Waals surface area contributed by atoms with Crippen molar-refractivity contribution in [3.63, 3.8) is 0 Å². The number of halogens is 2. The van der Waals surface area contributed by atoms with Crippen molar-refractivity contribution in [1.82, 2.24) is 10.3 Å². The van der Waals surface area contributed by atoms with Crippen LogP contribution in [0.5, 0.6) is 0 Å². The topological polar surface area (TPSA) is 24.9 Å². The van der Waals surface area contributed by atoms with E-state index in [2.05, 4.69) is 10.3 Å². The van der Waals surface area contributed by atoms with Gasteiger partial charge in [-0.15, -0.1) is 11.3 Å². The Bertz CT molecular complexity index is 579. The fourth-order valence-corrected chi connectivity index (χ4v) is 3.51. The predicted octanol–water partition coefficient (Wildman–Crippen LogP) is 3.90. The summed E-state index contributed by atoms with van der Waals surface area (Å²) in [6, 6.07) is 4.97. The average Bonchev–Trinajstić information content (AvgIpc) is 3.01. The average molecular weight is 297 g/mol. The fraction of sp³-hybridized carbons (Fsp3) is 0.357. The first-order valence-electron chi connectivity index (χ1n) is 6.35. The predicted molar refractivity (Wildman–Crippen MR) is 77.2 cm³/mol.